The van der Waals surface area contributed by atoms with Crippen LogP contribution in [0.4, 0.5) is 11.4 Å². The van der Waals surface area contributed by atoms with E-state index in [0.29, 0.717) is 41.3 Å². The summed E-state index contributed by atoms with van der Waals surface area (Å²) < 4.78 is 16.5. The third-order valence-electron chi connectivity index (χ3n) is 7.05. The highest BCUT2D eigenvalue weighted by Gasteiger charge is 2.27. The predicted octanol–water partition coefficient (Wildman–Crippen LogP) is 5.39. The van der Waals surface area contributed by atoms with E-state index in [4.69, 9.17) is 18.9 Å². The van der Waals surface area contributed by atoms with Crippen molar-refractivity contribution < 1.29 is 28.7 Å². The fourth-order valence-corrected chi connectivity index (χ4v) is 4.87. The Kier molecular flexibility index (Phi) is 9.37. The van der Waals surface area contributed by atoms with E-state index in [-0.39, 0.29) is 17.8 Å². The largest absolute Gasteiger partial charge is 0.494 e. The molecule has 0 bridgehead atoms. The van der Waals surface area contributed by atoms with Gasteiger partial charge in [0.2, 0.25) is 5.52 Å². The van der Waals surface area contributed by atoms with Gasteiger partial charge in [0.1, 0.15) is 17.9 Å². The molecule has 1 aliphatic rings. The highest BCUT2D eigenvalue weighted by Crippen LogP contribution is 2.29. The van der Waals surface area contributed by atoms with Crippen molar-refractivity contribution >= 4 is 28.4 Å². The first-order valence-corrected chi connectivity index (χ1v) is 13.8. The van der Waals surface area contributed by atoms with Gasteiger partial charge in [-0.25, -0.2) is 14.3 Å². The lowest BCUT2D eigenvalue weighted by Crippen LogP contribution is -2.32. The molecule has 11 heteroatoms. The maximum Gasteiger partial charge on any atom is 0.348 e. The predicted molar refractivity (Wildman–Crippen MR) is 152 cm³/mol. The molecule has 4 aromatic rings. The van der Waals surface area contributed by atoms with Gasteiger partial charge in [0.05, 0.1) is 17.2 Å². The summed E-state index contributed by atoms with van der Waals surface area (Å²) in [6, 6.07) is 20.3. The molecule has 0 radical (unpaired) electrons. The molecule has 214 valence electrons. The zero-order chi connectivity index (χ0) is 28.4. The lowest BCUT2D eigenvalue weighted by molar-refractivity contribution is -0.735. The molecule has 1 aromatic heterocycles. The van der Waals surface area contributed by atoms with Crippen LogP contribution in [0.1, 0.15) is 49.3 Å². The number of esters is 1. The normalized spacial score (nSPS) is 14.1. The summed E-state index contributed by atoms with van der Waals surface area (Å²) in [6.07, 6.45) is 4.86. The van der Waals surface area contributed by atoms with Crippen LogP contribution in [-0.4, -0.2) is 47.6 Å². The molecular weight excluding hydrogens is 526 g/mol. The van der Waals surface area contributed by atoms with Crippen LogP contribution in [0.3, 0.4) is 0 Å². The minimum absolute atomic E-state index is 0.0219. The molecule has 11 nitrogen and oxygen atoms in total. The number of benzene rings is 3. The van der Waals surface area contributed by atoms with Gasteiger partial charge in [-0.05, 0) is 71.7 Å². The molecule has 5 rings (SSSR count). The second-order valence-corrected chi connectivity index (χ2v) is 9.87. The van der Waals surface area contributed by atoms with Crippen molar-refractivity contribution in [2.24, 2.45) is 0 Å². The number of carbonyl (C=O) groups excluding carboxylic acids is 1. The monoisotopic (exact) mass is 560 g/mol. The Balaban J connectivity index is 1.08. The first kappa shape index (κ1) is 28.0. The summed E-state index contributed by atoms with van der Waals surface area (Å²) in [5, 5.41) is 14.4. The van der Waals surface area contributed by atoms with Crippen molar-refractivity contribution in [3.05, 3.63) is 82.8 Å². The molecular formula is C30H34N5O6+. The molecule has 1 saturated carbocycles. The average molecular weight is 561 g/mol. The summed E-state index contributed by atoms with van der Waals surface area (Å²) in [6.45, 7) is 1.64. The second-order valence-electron chi connectivity index (χ2n) is 9.87. The van der Waals surface area contributed by atoms with Gasteiger partial charge in [-0.3, -0.25) is 5.32 Å². The molecule has 1 aliphatic carbocycles. The van der Waals surface area contributed by atoms with Gasteiger partial charge in [-0.15, -0.1) is 0 Å². The highest BCUT2D eigenvalue weighted by molar-refractivity contribution is 5.93. The first-order valence-electron chi connectivity index (χ1n) is 13.8. The zero-order valence-electron chi connectivity index (χ0n) is 23.0. The highest BCUT2D eigenvalue weighted by atomic mass is 16.8. The van der Waals surface area contributed by atoms with Gasteiger partial charge in [-0.1, -0.05) is 42.5 Å². The Morgan fingerprint density at radius 2 is 1.78 bits per heavy atom. The summed E-state index contributed by atoms with van der Waals surface area (Å²) in [4.78, 5) is 29.9. The van der Waals surface area contributed by atoms with Crippen LogP contribution >= 0.6 is 0 Å². The maximum absolute atomic E-state index is 13.0. The van der Waals surface area contributed by atoms with Crippen molar-refractivity contribution in [2.75, 3.05) is 25.6 Å². The Labute approximate surface area is 237 Å². The van der Waals surface area contributed by atoms with Gasteiger partial charge in [-0.2, -0.15) is 0 Å². The van der Waals surface area contributed by atoms with E-state index < -0.39 is 6.04 Å². The third kappa shape index (κ3) is 7.17. The number of hydrogen-bond acceptors (Lipinski definition) is 10. The van der Waals surface area contributed by atoms with Crippen LogP contribution in [0.2, 0.25) is 0 Å². The molecule has 1 fully saturated rings. The quantitative estimate of drug-likeness (QED) is 0.118. The van der Waals surface area contributed by atoms with Gasteiger partial charge >= 0.3 is 11.7 Å². The molecule has 0 saturated heterocycles. The van der Waals surface area contributed by atoms with Crippen molar-refractivity contribution in [1.29, 1.82) is 0 Å². The molecule has 1 heterocycles. The Bertz CT molecular complexity index is 1440. The van der Waals surface area contributed by atoms with Crippen molar-refractivity contribution in [3.63, 3.8) is 0 Å². The Morgan fingerprint density at radius 3 is 2.54 bits per heavy atom. The lowest BCUT2D eigenvalue weighted by atomic mass is 10.1. The van der Waals surface area contributed by atoms with E-state index >= 15 is 0 Å². The van der Waals surface area contributed by atoms with Gasteiger partial charge in [0.15, 0.2) is 12.6 Å². The number of aromatic nitrogens is 2. The summed E-state index contributed by atoms with van der Waals surface area (Å²) >= 11 is 0. The number of nitrogens with one attached hydrogen (secondary N) is 2. The zero-order valence-corrected chi connectivity index (χ0v) is 23.0. The fourth-order valence-electron chi connectivity index (χ4n) is 4.87. The lowest BCUT2D eigenvalue weighted by Gasteiger charge is -2.21. The average Bonchev–Trinajstić information content (AvgIpc) is 3.71. The fraction of sp³-hybridized carbons (Fsp3) is 0.367. The minimum atomic E-state index is -0.523. The van der Waals surface area contributed by atoms with Crippen LogP contribution in [-0.2, 0) is 20.9 Å². The van der Waals surface area contributed by atoms with Crippen LogP contribution in [0, 0.1) is 4.91 Å². The second kappa shape index (κ2) is 13.7. The minimum Gasteiger partial charge on any atom is -0.494 e. The SMILES string of the molecule is CO[N+](=O)c1ccc(NCCCOc2ccc(CN[C@H](C(=O)OC3CCCC3)c3ccccc3)cc2)c2nonc12. The van der Waals surface area contributed by atoms with E-state index in [1.807, 2.05) is 54.6 Å². The molecule has 0 spiro atoms. The van der Waals surface area contributed by atoms with Gasteiger partial charge in [0, 0.05) is 19.2 Å². The summed E-state index contributed by atoms with van der Waals surface area (Å²) in [7, 11) is 1.28. The number of rotatable bonds is 14. The van der Waals surface area contributed by atoms with Gasteiger partial charge in [0.25, 0.3) is 4.92 Å². The van der Waals surface area contributed by atoms with E-state index in [1.54, 1.807) is 12.1 Å². The molecule has 1 atom stereocenters. The van der Waals surface area contributed by atoms with E-state index in [0.717, 1.165) is 49.0 Å². The molecule has 0 amide bonds. The number of nitrogens with zero attached hydrogens (tertiary/aromatic N) is 3. The van der Waals surface area contributed by atoms with Gasteiger partial charge < -0.3 is 14.8 Å². The van der Waals surface area contributed by atoms with Crippen molar-refractivity contribution in [1.82, 2.24) is 15.6 Å². The van der Waals surface area contributed by atoms with Crippen LogP contribution in [0.25, 0.3) is 11.0 Å². The van der Waals surface area contributed by atoms with Crippen LogP contribution < -0.4 is 15.4 Å². The maximum atomic E-state index is 13.0. The number of fused-ring (bicyclic) bond motifs is 1. The molecule has 0 aliphatic heterocycles. The third-order valence-corrected chi connectivity index (χ3v) is 7.05. The number of carbonyl (C=O) groups is 1. The Hall–Kier alpha value is -4.51. The number of hydrogen-bond donors (Lipinski definition) is 2. The molecule has 2 N–H and O–H groups in total. The number of ether oxygens (including phenoxy) is 2. The Morgan fingerprint density at radius 1 is 1.02 bits per heavy atom. The molecule has 0 unspecified atom stereocenters. The van der Waals surface area contributed by atoms with Crippen LogP contribution in [0.15, 0.2) is 71.4 Å². The summed E-state index contributed by atoms with van der Waals surface area (Å²) in [5.74, 6) is 0.534. The summed E-state index contributed by atoms with van der Waals surface area (Å²) in [5.41, 5.74) is 3.61. The van der Waals surface area contributed by atoms with Crippen LogP contribution in [0.5, 0.6) is 5.75 Å². The smallest absolute Gasteiger partial charge is 0.348 e. The first-order chi connectivity index (χ1) is 20.1. The molecule has 41 heavy (non-hydrogen) atoms. The number of anilines is 1. The van der Waals surface area contributed by atoms with E-state index in [2.05, 4.69) is 20.9 Å². The molecule has 3 aromatic carbocycles. The van der Waals surface area contributed by atoms with Crippen molar-refractivity contribution in [3.8, 4) is 5.75 Å². The standard InChI is InChI=1S/C30H34N5O6/c1-38-35(37)26-17-16-25(28-29(26)34-41-33-28)31-18-7-19-39-23-14-12-21(13-15-23)20-32-27(22-8-3-2-4-9-22)30(36)40-24-10-5-6-11-24/h2-4,8-9,12-17,24,27,31-32H,5-7,10-11,18-20H2,1H3/q+1/t27-/m0/s1. The van der Waals surface area contributed by atoms with Crippen molar-refractivity contribution in [2.45, 2.75) is 50.8 Å². The topological polar surface area (TPSA) is 128 Å². The van der Waals surface area contributed by atoms with E-state index in [9.17, 15) is 9.70 Å². The van der Waals surface area contributed by atoms with E-state index in [1.165, 1.54) is 7.11 Å².